The molecular weight excluding hydrogens is 342 g/mol. The van der Waals surface area contributed by atoms with Gasteiger partial charge in [-0.15, -0.1) is 0 Å². The molecule has 4 nitrogen and oxygen atoms in total. The van der Waals surface area contributed by atoms with Crippen molar-refractivity contribution in [2.24, 2.45) is 0 Å². The zero-order chi connectivity index (χ0) is 18.6. The predicted molar refractivity (Wildman–Crippen MR) is 83.8 cm³/mol. The molecule has 8 heteroatoms. The van der Waals surface area contributed by atoms with Crippen molar-refractivity contribution < 1.29 is 31.8 Å². The van der Waals surface area contributed by atoms with Gasteiger partial charge in [-0.2, -0.15) is 13.2 Å². The molecule has 0 aromatic heterocycles. The standard InChI is InChI=1S/C17H15F4NO3/c1-10-7-11(18)3-6-14(10)22-15-8-12(25-9-17(19,20)21)4-5-13(15)16(23)24-2/h3-8,22H,9H2,1-2H3. The van der Waals surface area contributed by atoms with Crippen molar-refractivity contribution in [1.82, 2.24) is 0 Å². The lowest BCUT2D eigenvalue weighted by molar-refractivity contribution is -0.153. The Balaban J connectivity index is 2.35. The molecule has 25 heavy (non-hydrogen) atoms. The van der Waals surface area contributed by atoms with Crippen LogP contribution in [0, 0.1) is 12.7 Å². The molecule has 0 aliphatic rings. The molecule has 2 aromatic rings. The predicted octanol–water partition coefficient (Wildman–Crippen LogP) is 4.61. The molecule has 0 unspecified atom stereocenters. The Hall–Kier alpha value is -2.77. The SMILES string of the molecule is COC(=O)c1ccc(OCC(F)(F)F)cc1Nc1ccc(F)cc1C. The molecule has 0 spiro atoms. The van der Waals surface area contributed by atoms with E-state index in [9.17, 15) is 22.4 Å². The molecule has 0 radical (unpaired) electrons. The lowest BCUT2D eigenvalue weighted by Gasteiger charge is -2.15. The number of hydrogen-bond donors (Lipinski definition) is 1. The molecule has 2 aromatic carbocycles. The fourth-order valence-corrected chi connectivity index (χ4v) is 2.08. The van der Waals surface area contributed by atoms with Gasteiger partial charge in [-0.3, -0.25) is 0 Å². The molecule has 0 aliphatic heterocycles. The van der Waals surface area contributed by atoms with E-state index in [1.54, 1.807) is 6.92 Å². The summed E-state index contributed by atoms with van der Waals surface area (Å²) < 4.78 is 59.4. The van der Waals surface area contributed by atoms with Crippen LogP contribution in [0.5, 0.6) is 5.75 Å². The number of benzene rings is 2. The van der Waals surface area contributed by atoms with Crippen molar-refractivity contribution in [3.63, 3.8) is 0 Å². The Bertz CT molecular complexity index is 775. The van der Waals surface area contributed by atoms with Crippen LogP contribution in [0.1, 0.15) is 15.9 Å². The number of ether oxygens (including phenoxy) is 2. The number of carbonyl (C=O) groups is 1. The first-order valence-corrected chi connectivity index (χ1v) is 7.14. The largest absolute Gasteiger partial charge is 0.484 e. The van der Waals surface area contributed by atoms with Gasteiger partial charge in [0.05, 0.1) is 18.4 Å². The molecule has 0 saturated heterocycles. The van der Waals surface area contributed by atoms with E-state index in [2.05, 4.69) is 14.8 Å². The van der Waals surface area contributed by atoms with Crippen LogP contribution in [0.4, 0.5) is 28.9 Å². The number of halogens is 4. The van der Waals surface area contributed by atoms with E-state index in [0.29, 0.717) is 11.3 Å². The number of anilines is 2. The highest BCUT2D eigenvalue weighted by molar-refractivity contribution is 5.97. The first-order chi connectivity index (χ1) is 11.7. The summed E-state index contributed by atoms with van der Waals surface area (Å²) in [7, 11) is 1.18. The van der Waals surface area contributed by atoms with E-state index >= 15 is 0 Å². The smallest absolute Gasteiger partial charge is 0.422 e. The molecule has 0 bridgehead atoms. The average molecular weight is 357 g/mol. The molecule has 0 amide bonds. The summed E-state index contributed by atoms with van der Waals surface area (Å²) in [6, 6.07) is 7.73. The summed E-state index contributed by atoms with van der Waals surface area (Å²) >= 11 is 0. The topological polar surface area (TPSA) is 47.6 Å². The van der Waals surface area contributed by atoms with Gasteiger partial charge in [-0.25, -0.2) is 9.18 Å². The van der Waals surface area contributed by atoms with Gasteiger partial charge in [0.25, 0.3) is 0 Å². The van der Waals surface area contributed by atoms with Crippen molar-refractivity contribution in [3.8, 4) is 5.75 Å². The molecule has 0 aliphatic carbocycles. The van der Waals surface area contributed by atoms with Crippen LogP contribution in [0.3, 0.4) is 0 Å². The van der Waals surface area contributed by atoms with Gasteiger partial charge in [-0.05, 0) is 42.8 Å². The number of aryl methyl sites for hydroxylation is 1. The number of rotatable bonds is 5. The molecule has 0 heterocycles. The Morgan fingerprint density at radius 3 is 2.44 bits per heavy atom. The summed E-state index contributed by atoms with van der Waals surface area (Å²) in [4.78, 5) is 11.8. The van der Waals surface area contributed by atoms with Crippen LogP contribution < -0.4 is 10.1 Å². The summed E-state index contributed by atoms with van der Waals surface area (Å²) in [5.41, 5.74) is 1.32. The summed E-state index contributed by atoms with van der Waals surface area (Å²) in [5, 5.41) is 2.89. The van der Waals surface area contributed by atoms with Gasteiger partial charge in [0.1, 0.15) is 11.6 Å². The first-order valence-electron chi connectivity index (χ1n) is 7.14. The second kappa shape index (κ2) is 7.42. The highest BCUT2D eigenvalue weighted by Gasteiger charge is 2.28. The fraction of sp³-hybridized carbons (Fsp3) is 0.235. The van der Waals surface area contributed by atoms with Crippen molar-refractivity contribution in [2.45, 2.75) is 13.1 Å². The number of methoxy groups -OCH3 is 1. The van der Waals surface area contributed by atoms with Crippen molar-refractivity contribution in [2.75, 3.05) is 19.0 Å². The Kier molecular flexibility index (Phi) is 5.51. The van der Waals surface area contributed by atoms with Crippen LogP contribution in [0.25, 0.3) is 0 Å². The Morgan fingerprint density at radius 2 is 1.84 bits per heavy atom. The monoisotopic (exact) mass is 357 g/mol. The number of alkyl halides is 3. The maximum Gasteiger partial charge on any atom is 0.422 e. The van der Waals surface area contributed by atoms with Crippen molar-refractivity contribution in [1.29, 1.82) is 0 Å². The minimum Gasteiger partial charge on any atom is -0.484 e. The minimum absolute atomic E-state index is 0.0766. The van der Waals surface area contributed by atoms with Crippen molar-refractivity contribution >= 4 is 17.3 Å². The van der Waals surface area contributed by atoms with E-state index in [-0.39, 0.29) is 17.0 Å². The summed E-state index contributed by atoms with van der Waals surface area (Å²) in [6.07, 6.45) is -4.48. The van der Waals surface area contributed by atoms with Gasteiger partial charge in [0.2, 0.25) is 0 Å². The zero-order valence-electron chi connectivity index (χ0n) is 13.4. The highest BCUT2D eigenvalue weighted by atomic mass is 19.4. The first kappa shape index (κ1) is 18.6. The summed E-state index contributed by atoms with van der Waals surface area (Å²) in [5.74, 6) is -1.18. The normalized spacial score (nSPS) is 11.1. The third-order valence-corrected chi connectivity index (χ3v) is 3.26. The average Bonchev–Trinajstić information content (AvgIpc) is 2.54. The molecular formula is C17H15F4NO3. The second-order valence-corrected chi connectivity index (χ2v) is 5.19. The van der Waals surface area contributed by atoms with Crippen LogP contribution in [-0.2, 0) is 4.74 Å². The van der Waals surface area contributed by atoms with Gasteiger partial charge < -0.3 is 14.8 Å². The van der Waals surface area contributed by atoms with E-state index in [4.69, 9.17) is 0 Å². The minimum atomic E-state index is -4.48. The number of hydrogen-bond acceptors (Lipinski definition) is 4. The van der Waals surface area contributed by atoms with Gasteiger partial charge in [-0.1, -0.05) is 0 Å². The molecule has 1 N–H and O–H groups in total. The van der Waals surface area contributed by atoms with Crippen molar-refractivity contribution in [3.05, 3.63) is 53.3 Å². The van der Waals surface area contributed by atoms with Crippen LogP contribution in [0.2, 0.25) is 0 Å². The Labute approximate surface area is 141 Å². The van der Waals surface area contributed by atoms with Gasteiger partial charge in [0.15, 0.2) is 6.61 Å². The lowest BCUT2D eigenvalue weighted by Crippen LogP contribution is -2.19. The highest BCUT2D eigenvalue weighted by Crippen LogP contribution is 2.29. The molecule has 134 valence electrons. The van der Waals surface area contributed by atoms with Crippen LogP contribution in [0.15, 0.2) is 36.4 Å². The Morgan fingerprint density at radius 1 is 1.12 bits per heavy atom. The molecule has 2 rings (SSSR count). The quantitative estimate of drug-likeness (QED) is 0.627. The van der Waals surface area contributed by atoms with Crippen LogP contribution in [-0.4, -0.2) is 25.9 Å². The molecule has 0 saturated carbocycles. The maximum atomic E-state index is 13.2. The van der Waals surface area contributed by atoms with E-state index < -0.39 is 24.6 Å². The fourth-order valence-electron chi connectivity index (χ4n) is 2.08. The number of nitrogens with one attached hydrogen (secondary N) is 1. The third kappa shape index (κ3) is 5.10. The van der Waals surface area contributed by atoms with E-state index in [1.807, 2.05) is 0 Å². The third-order valence-electron chi connectivity index (χ3n) is 3.26. The van der Waals surface area contributed by atoms with E-state index in [1.165, 1.54) is 43.5 Å². The lowest BCUT2D eigenvalue weighted by atomic mass is 10.1. The molecule has 0 atom stereocenters. The second-order valence-electron chi connectivity index (χ2n) is 5.19. The number of esters is 1. The summed E-state index contributed by atoms with van der Waals surface area (Å²) in [6.45, 7) is 0.187. The number of carbonyl (C=O) groups excluding carboxylic acids is 1. The van der Waals surface area contributed by atoms with Gasteiger partial charge >= 0.3 is 12.1 Å². The molecule has 0 fully saturated rings. The maximum absolute atomic E-state index is 13.2. The van der Waals surface area contributed by atoms with Crippen LogP contribution >= 0.6 is 0 Å². The van der Waals surface area contributed by atoms with E-state index in [0.717, 1.165) is 0 Å². The zero-order valence-corrected chi connectivity index (χ0v) is 13.4. The van der Waals surface area contributed by atoms with Gasteiger partial charge in [0, 0.05) is 11.8 Å².